The average Bonchev–Trinajstić information content (AvgIpc) is 2.89. The van der Waals surface area contributed by atoms with Crippen LogP contribution in [0.1, 0.15) is 40.4 Å². The fourth-order valence-corrected chi connectivity index (χ4v) is 5.31. The van der Waals surface area contributed by atoms with Crippen molar-refractivity contribution in [3.05, 3.63) is 101 Å². The minimum absolute atomic E-state index is 0.0304. The van der Waals surface area contributed by atoms with E-state index >= 15 is 0 Å². The first-order chi connectivity index (χ1) is 19.3. The molecule has 1 amide bonds. The van der Waals surface area contributed by atoms with Crippen molar-refractivity contribution in [2.45, 2.75) is 38.8 Å². The lowest BCUT2D eigenvalue weighted by Gasteiger charge is -2.29. The number of nitrogens with two attached hydrogens (primary N) is 1. The van der Waals surface area contributed by atoms with Crippen LogP contribution in [-0.2, 0) is 34.2 Å². The van der Waals surface area contributed by atoms with Crippen molar-refractivity contribution in [1.82, 2.24) is 5.32 Å². The van der Waals surface area contributed by atoms with Crippen molar-refractivity contribution in [2.75, 3.05) is 17.5 Å². The highest BCUT2D eigenvalue weighted by atomic mass is 32.2. The molecule has 0 aliphatic rings. The quantitative estimate of drug-likeness (QED) is 0.201. The monoisotopic (exact) mass is 587 g/mol. The van der Waals surface area contributed by atoms with E-state index in [1.54, 1.807) is 0 Å². The van der Waals surface area contributed by atoms with Crippen LogP contribution in [0.2, 0.25) is 0 Å². The number of primary amides is 1. The van der Waals surface area contributed by atoms with E-state index in [1.807, 2.05) is 31.2 Å². The van der Waals surface area contributed by atoms with Crippen LogP contribution in [0.3, 0.4) is 0 Å². The first-order valence-corrected chi connectivity index (χ1v) is 15.1. The van der Waals surface area contributed by atoms with Crippen molar-refractivity contribution in [2.24, 2.45) is 17.6 Å². The molecule has 220 valence electrons. The molecule has 0 bridgehead atoms. The fraction of sp³-hybridized carbons (Fsp3) is 0.333. The third kappa shape index (κ3) is 10.0. The van der Waals surface area contributed by atoms with Crippen LogP contribution in [0.15, 0.2) is 66.7 Å². The predicted molar refractivity (Wildman–Crippen MR) is 154 cm³/mol. The van der Waals surface area contributed by atoms with Crippen LogP contribution in [0.5, 0.6) is 0 Å². The average molecular weight is 588 g/mol. The van der Waals surface area contributed by atoms with Gasteiger partial charge >= 0.3 is 0 Å². The number of rotatable bonds is 15. The lowest BCUT2D eigenvalue weighted by Crippen LogP contribution is -2.43. The van der Waals surface area contributed by atoms with E-state index in [9.17, 15) is 31.9 Å². The highest BCUT2D eigenvalue weighted by Crippen LogP contribution is 2.27. The zero-order valence-electron chi connectivity index (χ0n) is 22.9. The third-order valence-electron chi connectivity index (χ3n) is 6.77. The van der Waals surface area contributed by atoms with Gasteiger partial charge in [-0.15, -0.1) is 0 Å². The van der Waals surface area contributed by atoms with Crippen LogP contribution in [0.25, 0.3) is 0 Å². The lowest BCUT2D eigenvalue weighted by atomic mass is 9.78. The fourth-order valence-electron chi connectivity index (χ4n) is 4.74. The Hall–Kier alpha value is -3.67. The Morgan fingerprint density at radius 3 is 2.17 bits per heavy atom. The molecule has 3 unspecified atom stereocenters. The van der Waals surface area contributed by atoms with Gasteiger partial charge in [0.25, 0.3) is 0 Å². The van der Waals surface area contributed by atoms with Crippen molar-refractivity contribution >= 4 is 27.4 Å². The number of carbonyl (C=O) groups excluding carboxylic acids is 2. The van der Waals surface area contributed by atoms with E-state index in [1.165, 1.54) is 24.3 Å². The summed E-state index contributed by atoms with van der Waals surface area (Å²) >= 11 is 0. The van der Waals surface area contributed by atoms with E-state index in [0.717, 1.165) is 42.0 Å². The molecule has 5 N–H and O–H groups in total. The summed E-state index contributed by atoms with van der Waals surface area (Å²) in [5, 5.41) is 14.4. The highest BCUT2D eigenvalue weighted by Gasteiger charge is 2.34. The van der Waals surface area contributed by atoms with Crippen molar-refractivity contribution in [3.63, 3.8) is 0 Å². The van der Waals surface area contributed by atoms with Gasteiger partial charge in [0.1, 0.15) is 11.6 Å². The Labute approximate surface area is 239 Å². The summed E-state index contributed by atoms with van der Waals surface area (Å²) in [6.45, 7) is 2.51. The molecule has 11 heteroatoms. The zero-order valence-corrected chi connectivity index (χ0v) is 23.8. The summed E-state index contributed by atoms with van der Waals surface area (Å²) in [4.78, 5) is 25.8. The van der Waals surface area contributed by atoms with Crippen molar-refractivity contribution < 1.29 is 31.9 Å². The van der Waals surface area contributed by atoms with Gasteiger partial charge in [0.05, 0.1) is 18.3 Å². The van der Waals surface area contributed by atoms with Gasteiger partial charge in [0.15, 0.2) is 5.78 Å². The second-order valence-electron chi connectivity index (χ2n) is 10.1. The van der Waals surface area contributed by atoms with E-state index in [0.29, 0.717) is 6.54 Å². The molecule has 3 atom stereocenters. The normalized spacial score (nSPS) is 13.8. The molecule has 0 fully saturated rings. The molecule has 3 aromatic rings. The number of Topliss-reactive ketones (excluding diaryl/α,β-unsaturated/α-hetero) is 1. The Morgan fingerprint density at radius 1 is 0.951 bits per heavy atom. The predicted octanol–water partition coefficient (Wildman–Crippen LogP) is 3.58. The van der Waals surface area contributed by atoms with E-state index < -0.39 is 51.3 Å². The van der Waals surface area contributed by atoms with E-state index in [2.05, 4.69) is 10.0 Å². The number of amides is 1. The number of aliphatic hydroxyl groups excluding tert-OH is 1. The number of anilines is 1. The molecule has 0 aliphatic carbocycles. The number of aliphatic hydroxyl groups is 1. The second kappa shape index (κ2) is 14.3. The number of hydrogen-bond donors (Lipinski definition) is 4. The van der Waals surface area contributed by atoms with Gasteiger partial charge in [-0.25, -0.2) is 17.2 Å². The smallest absolute Gasteiger partial charge is 0.229 e. The molecular formula is C30H35F2N3O5S. The maximum Gasteiger partial charge on any atom is 0.229 e. The molecule has 0 aromatic heterocycles. The van der Waals surface area contributed by atoms with Gasteiger partial charge in [-0.05, 0) is 65.9 Å². The molecule has 0 saturated carbocycles. The molecule has 3 aromatic carbocycles. The Kier molecular flexibility index (Phi) is 11.1. The van der Waals surface area contributed by atoms with E-state index in [-0.39, 0.29) is 36.2 Å². The third-order valence-corrected chi connectivity index (χ3v) is 7.37. The second-order valence-corrected chi connectivity index (χ2v) is 11.9. The summed E-state index contributed by atoms with van der Waals surface area (Å²) < 4.78 is 53.1. The number of benzene rings is 3. The van der Waals surface area contributed by atoms with Crippen LogP contribution < -0.4 is 15.8 Å². The molecular weight excluding hydrogens is 552 g/mol. The molecule has 0 aliphatic heterocycles. The zero-order chi connectivity index (χ0) is 30.2. The number of aryl methyl sites for hydroxylation is 1. The van der Waals surface area contributed by atoms with Gasteiger partial charge < -0.3 is 16.2 Å². The molecule has 0 heterocycles. The summed E-state index contributed by atoms with van der Waals surface area (Å²) in [6, 6.07) is 16.5. The summed E-state index contributed by atoms with van der Waals surface area (Å²) in [5.41, 5.74) is 8.53. The van der Waals surface area contributed by atoms with Crippen LogP contribution in [0.4, 0.5) is 14.5 Å². The number of nitrogens with one attached hydrogen (secondary N) is 2. The van der Waals surface area contributed by atoms with Gasteiger partial charge in [-0.3, -0.25) is 14.3 Å². The molecule has 41 heavy (non-hydrogen) atoms. The van der Waals surface area contributed by atoms with Gasteiger partial charge in [-0.1, -0.05) is 31.2 Å². The number of ketones is 1. The maximum absolute atomic E-state index is 14.0. The molecule has 0 radical (unpaired) electrons. The molecule has 8 nitrogen and oxygen atoms in total. The first kappa shape index (κ1) is 31.9. The number of carbonyl (C=O) groups is 2. The number of hydrogen-bond acceptors (Lipinski definition) is 6. The standard InChI is InChI=1S/C30H35F2N3O5S/c1-3-19-5-4-6-20(11-19)17-34-18-29(37)26(14-21-12-23(31)15-24(32)13-21)27(30(33)38)16-28(36)22-7-9-25(10-8-22)35-41(2,39)40/h4-13,15,26-27,29,34-35,37H,3,14,16-18H2,1-2H3,(H2,33,38). The Morgan fingerprint density at radius 2 is 1.59 bits per heavy atom. The topological polar surface area (TPSA) is 139 Å². The van der Waals surface area contributed by atoms with Crippen molar-refractivity contribution in [1.29, 1.82) is 0 Å². The lowest BCUT2D eigenvalue weighted by molar-refractivity contribution is -0.125. The Balaban J connectivity index is 1.81. The van der Waals surface area contributed by atoms with Gasteiger partial charge in [0, 0.05) is 42.7 Å². The SMILES string of the molecule is CCc1cccc(CNCC(O)C(Cc2cc(F)cc(F)c2)C(CC(=O)c2ccc(NS(C)(=O)=O)cc2)C(N)=O)c1. The Bertz CT molecular complexity index is 1440. The van der Waals surface area contributed by atoms with Gasteiger partial charge in [-0.2, -0.15) is 0 Å². The molecule has 0 spiro atoms. The van der Waals surface area contributed by atoms with E-state index in [4.69, 9.17) is 5.73 Å². The maximum atomic E-state index is 14.0. The van der Waals surface area contributed by atoms with Crippen LogP contribution in [0, 0.1) is 23.5 Å². The molecule has 3 rings (SSSR count). The first-order valence-electron chi connectivity index (χ1n) is 13.2. The summed E-state index contributed by atoms with van der Waals surface area (Å²) in [7, 11) is -3.51. The molecule has 0 saturated heterocycles. The highest BCUT2D eigenvalue weighted by molar-refractivity contribution is 7.92. The van der Waals surface area contributed by atoms with Crippen molar-refractivity contribution in [3.8, 4) is 0 Å². The van der Waals surface area contributed by atoms with Crippen LogP contribution >= 0.6 is 0 Å². The number of halogens is 2. The minimum atomic E-state index is -3.51. The largest absolute Gasteiger partial charge is 0.391 e. The number of sulfonamides is 1. The van der Waals surface area contributed by atoms with Crippen LogP contribution in [-0.4, -0.2) is 44.1 Å². The summed E-state index contributed by atoms with van der Waals surface area (Å²) in [5.74, 6) is -5.04. The van der Waals surface area contributed by atoms with Gasteiger partial charge in [0.2, 0.25) is 15.9 Å². The minimum Gasteiger partial charge on any atom is -0.391 e. The summed E-state index contributed by atoms with van der Waals surface area (Å²) in [6.07, 6.45) is 0.194.